The summed E-state index contributed by atoms with van der Waals surface area (Å²) in [6.07, 6.45) is 0.946. The summed E-state index contributed by atoms with van der Waals surface area (Å²) in [7, 11) is 3.07. The summed E-state index contributed by atoms with van der Waals surface area (Å²) in [6.45, 7) is 10.3. The van der Waals surface area contributed by atoms with Crippen molar-refractivity contribution in [3.8, 4) is 0 Å². The van der Waals surface area contributed by atoms with Crippen LogP contribution in [0.5, 0.6) is 0 Å². The van der Waals surface area contributed by atoms with Crippen molar-refractivity contribution in [2.45, 2.75) is 57.7 Å². The topological polar surface area (TPSA) is 89.1 Å². The molecule has 0 aromatic rings. The van der Waals surface area contributed by atoms with Gasteiger partial charge in [0.15, 0.2) is 0 Å². The number of carbonyl (C=O) groups is 2. The lowest BCUT2D eigenvalue weighted by Crippen LogP contribution is -2.63. The Bertz CT molecular complexity index is 436. The Labute approximate surface area is 150 Å². The van der Waals surface area contributed by atoms with Gasteiger partial charge in [0.25, 0.3) is 0 Å². The quantitative estimate of drug-likeness (QED) is 0.673. The van der Waals surface area contributed by atoms with Gasteiger partial charge in [-0.25, -0.2) is 9.59 Å². The number of hydrogen-bond acceptors (Lipinski definition) is 6. The average molecular weight is 359 g/mol. The largest absolute Gasteiger partial charge is 0.448 e. The van der Waals surface area contributed by atoms with Crippen molar-refractivity contribution in [3.05, 3.63) is 0 Å². The van der Waals surface area contributed by atoms with E-state index in [4.69, 9.17) is 14.2 Å². The van der Waals surface area contributed by atoms with Crippen molar-refractivity contribution in [3.63, 3.8) is 0 Å². The predicted molar refractivity (Wildman–Crippen MR) is 94.7 cm³/mol. The van der Waals surface area contributed by atoms with Gasteiger partial charge in [-0.2, -0.15) is 0 Å². The first kappa shape index (κ1) is 21.5. The normalized spacial score (nSPS) is 19.9. The first-order valence-corrected chi connectivity index (χ1v) is 8.71. The van der Waals surface area contributed by atoms with Gasteiger partial charge in [-0.05, 0) is 40.5 Å². The highest BCUT2D eigenvalue weighted by atomic mass is 16.6. The second-order valence-electron chi connectivity index (χ2n) is 7.45. The van der Waals surface area contributed by atoms with Crippen LogP contribution in [0.25, 0.3) is 0 Å². The van der Waals surface area contributed by atoms with Gasteiger partial charge in [-0.15, -0.1) is 0 Å². The fourth-order valence-corrected chi connectivity index (χ4v) is 3.67. The third-order valence-corrected chi connectivity index (χ3v) is 4.54. The summed E-state index contributed by atoms with van der Waals surface area (Å²) in [6, 6.07) is 0. The monoisotopic (exact) mass is 359 g/mol. The third kappa shape index (κ3) is 6.70. The van der Waals surface area contributed by atoms with Gasteiger partial charge in [0.05, 0.1) is 12.7 Å². The van der Waals surface area contributed by atoms with Gasteiger partial charge in [0.1, 0.15) is 13.2 Å². The molecule has 1 fully saturated rings. The molecule has 0 aromatic heterocycles. The van der Waals surface area contributed by atoms with Crippen molar-refractivity contribution in [2.75, 3.05) is 40.5 Å². The average Bonchev–Trinajstić information content (AvgIpc) is 2.52. The van der Waals surface area contributed by atoms with Gasteiger partial charge in [-0.1, -0.05) is 0 Å². The van der Waals surface area contributed by atoms with E-state index in [9.17, 15) is 9.59 Å². The Morgan fingerprint density at radius 3 is 1.88 bits per heavy atom. The van der Waals surface area contributed by atoms with E-state index in [1.54, 1.807) is 7.05 Å². The molecular weight excluding hydrogens is 326 g/mol. The summed E-state index contributed by atoms with van der Waals surface area (Å²) in [5, 5.41) is 4.86. The van der Waals surface area contributed by atoms with Crippen LogP contribution in [-0.4, -0.2) is 74.7 Å². The van der Waals surface area contributed by atoms with Gasteiger partial charge in [0, 0.05) is 31.7 Å². The van der Waals surface area contributed by atoms with E-state index in [0.29, 0.717) is 19.8 Å². The van der Waals surface area contributed by atoms with Crippen LogP contribution in [-0.2, 0) is 14.2 Å². The number of rotatable bonds is 7. The van der Waals surface area contributed by atoms with Crippen molar-refractivity contribution >= 4 is 12.2 Å². The molecule has 0 radical (unpaired) electrons. The third-order valence-electron chi connectivity index (χ3n) is 4.54. The molecule has 1 aliphatic heterocycles. The standard InChI is InChI=1S/C17H33N3O5/c1-16(2)11-13(23-9-10-25-15(22)19-6)12-17(3,4)20(16)7-8-24-14(21)18-5/h13H,7-12H2,1-6H3,(H,18,21)(H,19,22). The fraction of sp³-hybridized carbons (Fsp3) is 0.882. The summed E-state index contributed by atoms with van der Waals surface area (Å²) < 4.78 is 16.0. The molecule has 0 saturated carbocycles. The SMILES string of the molecule is CNC(=O)OCCOC1CC(C)(C)N(CCOC(=O)NC)C(C)(C)C1. The predicted octanol–water partition coefficient (Wildman–Crippen LogP) is 1.74. The van der Waals surface area contributed by atoms with Gasteiger partial charge < -0.3 is 24.8 Å². The van der Waals surface area contributed by atoms with E-state index in [1.807, 2.05) is 0 Å². The Kier molecular flexibility index (Phi) is 7.95. The molecule has 2 amide bonds. The minimum atomic E-state index is -0.449. The Balaban J connectivity index is 2.53. The Morgan fingerprint density at radius 1 is 0.920 bits per heavy atom. The van der Waals surface area contributed by atoms with Crippen LogP contribution in [0, 0.1) is 0 Å². The number of amides is 2. The lowest BCUT2D eigenvalue weighted by Gasteiger charge is -2.55. The highest BCUT2D eigenvalue weighted by molar-refractivity contribution is 5.66. The Hall–Kier alpha value is -1.54. The molecule has 1 rings (SSSR count). The van der Waals surface area contributed by atoms with Crippen LogP contribution in [0.2, 0.25) is 0 Å². The highest BCUT2D eigenvalue weighted by Gasteiger charge is 2.45. The number of nitrogens with zero attached hydrogens (tertiary/aromatic N) is 1. The maximum absolute atomic E-state index is 11.2. The maximum Gasteiger partial charge on any atom is 0.406 e. The smallest absolute Gasteiger partial charge is 0.406 e. The number of carbonyl (C=O) groups excluding carboxylic acids is 2. The molecule has 0 bridgehead atoms. The summed E-state index contributed by atoms with van der Waals surface area (Å²) in [4.78, 5) is 24.6. The molecule has 0 aliphatic carbocycles. The molecule has 0 spiro atoms. The van der Waals surface area contributed by atoms with Crippen LogP contribution in [0.1, 0.15) is 40.5 Å². The van der Waals surface area contributed by atoms with Gasteiger partial charge in [-0.3, -0.25) is 4.90 Å². The minimum Gasteiger partial charge on any atom is -0.448 e. The van der Waals surface area contributed by atoms with Crippen LogP contribution < -0.4 is 10.6 Å². The number of hydrogen-bond donors (Lipinski definition) is 2. The molecule has 8 nitrogen and oxygen atoms in total. The lowest BCUT2D eigenvalue weighted by atomic mass is 9.78. The zero-order chi connectivity index (χ0) is 19.1. The Morgan fingerprint density at radius 2 is 1.40 bits per heavy atom. The van der Waals surface area contributed by atoms with E-state index in [-0.39, 0.29) is 23.8 Å². The molecular formula is C17H33N3O5. The summed E-state index contributed by atoms with van der Waals surface area (Å²) in [5.41, 5.74) is -0.194. The van der Waals surface area contributed by atoms with E-state index >= 15 is 0 Å². The summed E-state index contributed by atoms with van der Waals surface area (Å²) in [5.74, 6) is 0. The van der Waals surface area contributed by atoms with Crippen LogP contribution in [0.3, 0.4) is 0 Å². The van der Waals surface area contributed by atoms with Gasteiger partial charge >= 0.3 is 12.2 Å². The zero-order valence-corrected chi connectivity index (χ0v) is 16.3. The molecule has 0 atom stereocenters. The van der Waals surface area contributed by atoms with E-state index in [0.717, 1.165) is 12.8 Å². The second-order valence-corrected chi connectivity index (χ2v) is 7.45. The number of piperidine rings is 1. The molecule has 0 aromatic carbocycles. The number of nitrogens with one attached hydrogen (secondary N) is 2. The van der Waals surface area contributed by atoms with Gasteiger partial charge in [0.2, 0.25) is 0 Å². The van der Waals surface area contributed by atoms with E-state index < -0.39 is 12.2 Å². The van der Waals surface area contributed by atoms with Crippen LogP contribution in [0.4, 0.5) is 9.59 Å². The van der Waals surface area contributed by atoms with E-state index in [1.165, 1.54) is 7.05 Å². The molecule has 1 heterocycles. The maximum atomic E-state index is 11.2. The molecule has 146 valence electrons. The summed E-state index contributed by atoms with van der Waals surface area (Å²) >= 11 is 0. The second kappa shape index (κ2) is 9.24. The molecule has 1 saturated heterocycles. The van der Waals surface area contributed by atoms with Crippen LogP contribution in [0.15, 0.2) is 0 Å². The highest BCUT2D eigenvalue weighted by Crippen LogP contribution is 2.39. The fourth-order valence-electron chi connectivity index (χ4n) is 3.67. The van der Waals surface area contributed by atoms with Crippen molar-refractivity contribution in [1.29, 1.82) is 0 Å². The molecule has 0 unspecified atom stereocenters. The lowest BCUT2D eigenvalue weighted by molar-refractivity contribution is -0.111. The molecule has 8 heteroatoms. The van der Waals surface area contributed by atoms with E-state index in [2.05, 4.69) is 43.2 Å². The number of alkyl carbamates (subject to hydrolysis) is 2. The zero-order valence-electron chi connectivity index (χ0n) is 16.3. The molecule has 25 heavy (non-hydrogen) atoms. The van der Waals surface area contributed by atoms with Crippen molar-refractivity contribution in [1.82, 2.24) is 15.5 Å². The van der Waals surface area contributed by atoms with Crippen molar-refractivity contribution < 1.29 is 23.8 Å². The minimum absolute atomic E-state index is 0.0920. The molecule has 1 aliphatic rings. The number of likely N-dealkylation sites (tertiary alicyclic amines) is 1. The number of ether oxygens (including phenoxy) is 3. The first-order chi connectivity index (χ1) is 11.6. The van der Waals surface area contributed by atoms with Crippen LogP contribution >= 0.6 is 0 Å². The van der Waals surface area contributed by atoms with Crippen molar-refractivity contribution in [2.24, 2.45) is 0 Å². The molecule has 2 N–H and O–H groups in total. The first-order valence-electron chi connectivity index (χ1n) is 8.71.